The van der Waals surface area contributed by atoms with E-state index >= 15 is 0 Å². The van der Waals surface area contributed by atoms with E-state index in [9.17, 15) is 19.1 Å². The molecule has 1 aliphatic carbocycles. The van der Waals surface area contributed by atoms with Crippen molar-refractivity contribution in [1.29, 1.82) is 0 Å². The fourth-order valence-corrected chi connectivity index (χ4v) is 3.91. The lowest BCUT2D eigenvalue weighted by atomic mass is 10.1. The number of carboxylic acid groups (broad SMARTS) is 1. The van der Waals surface area contributed by atoms with Gasteiger partial charge in [0.15, 0.2) is 0 Å². The lowest BCUT2D eigenvalue weighted by Gasteiger charge is -2.27. The van der Waals surface area contributed by atoms with Crippen LogP contribution < -0.4 is 16.1 Å². The number of aromatic carboxylic acids is 1. The van der Waals surface area contributed by atoms with E-state index in [-0.39, 0.29) is 28.1 Å². The number of carboxylic acids is 1. The van der Waals surface area contributed by atoms with E-state index in [2.05, 4.69) is 0 Å². The van der Waals surface area contributed by atoms with Gasteiger partial charge < -0.3 is 20.3 Å². The highest BCUT2D eigenvalue weighted by molar-refractivity contribution is 6.35. The van der Waals surface area contributed by atoms with E-state index in [0.717, 1.165) is 25.0 Å². The molecule has 0 bridgehead atoms. The Kier molecular flexibility index (Phi) is 3.73. The maximum atomic E-state index is 13.8. The Balaban J connectivity index is 2.14. The first-order valence-electron chi connectivity index (χ1n) is 8.19. The number of nitrogens with zero attached hydrogens (tertiary/aromatic N) is 2. The summed E-state index contributed by atoms with van der Waals surface area (Å²) in [5.74, 6) is -1.64. The van der Waals surface area contributed by atoms with Crippen LogP contribution in [0.5, 0.6) is 0 Å². The van der Waals surface area contributed by atoms with Crippen molar-refractivity contribution in [3.63, 3.8) is 0 Å². The molecule has 8 heteroatoms. The molecule has 1 atom stereocenters. The number of halogens is 2. The quantitative estimate of drug-likeness (QED) is 0.871. The van der Waals surface area contributed by atoms with Gasteiger partial charge in [-0.15, -0.1) is 0 Å². The molecule has 2 aliphatic rings. The highest BCUT2D eigenvalue weighted by Crippen LogP contribution is 2.43. The summed E-state index contributed by atoms with van der Waals surface area (Å²) in [5, 5.41) is 9.81. The maximum absolute atomic E-state index is 13.8. The first kappa shape index (κ1) is 16.4. The lowest BCUT2D eigenvalue weighted by Crippen LogP contribution is -2.33. The molecule has 1 aromatic carbocycles. The molecule has 1 saturated heterocycles. The lowest BCUT2D eigenvalue weighted by molar-refractivity contribution is 0.0695. The van der Waals surface area contributed by atoms with Crippen LogP contribution >= 0.6 is 11.6 Å². The molecule has 0 unspecified atom stereocenters. The van der Waals surface area contributed by atoms with Crippen LogP contribution in [-0.4, -0.2) is 34.8 Å². The molecule has 0 spiro atoms. The number of hydrogen-bond acceptors (Lipinski definition) is 4. The summed E-state index contributed by atoms with van der Waals surface area (Å²) in [6.45, 7) is 1.04. The highest BCUT2D eigenvalue weighted by Gasteiger charge is 2.36. The fraction of sp³-hybridized carbons (Fsp3) is 0.412. The van der Waals surface area contributed by atoms with Crippen molar-refractivity contribution in [2.45, 2.75) is 31.3 Å². The molecule has 2 fully saturated rings. The average molecular weight is 366 g/mol. The number of hydrogen-bond donors (Lipinski definition) is 2. The SMILES string of the molecule is N[C@@H]1CCN(c2c(C(=O)O)c(=O)c3cc(F)cc(Cl)c3n2C2CC2)C1. The summed E-state index contributed by atoms with van der Waals surface area (Å²) in [6.07, 6.45) is 2.43. The van der Waals surface area contributed by atoms with Gasteiger partial charge in [0.2, 0.25) is 5.43 Å². The zero-order chi connectivity index (χ0) is 17.9. The number of anilines is 1. The van der Waals surface area contributed by atoms with Crippen LogP contribution in [0, 0.1) is 5.82 Å². The van der Waals surface area contributed by atoms with Crippen molar-refractivity contribution in [3.05, 3.63) is 38.8 Å². The van der Waals surface area contributed by atoms with Crippen LogP contribution in [0.25, 0.3) is 10.9 Å². The number of pyridine rings is 1. The predicted molar refractivity (Wildman–Crippen MR) is 93.2 cm³/mol. The number of rotatable bonds is 3. The Bertz CT molecular complexity index is 955. The molecule has 2 aromatic rings. The zero-order valence-electron chi connectivity index (χ0n) is 13.3. The van der Waals surface area contributed by atoms with Crippen LogP contribution in [0.1, 0.15) is 35.7 Å². The van der Waals surface area contributed by atoms with Gasteiger partial charge in [0, 0.05) is 25.2 Å². The zero-order valence-corrected chi connectivity index (χ0v) is 14.1. The third kappa shape index (κ3) is 2.58. The van der Waals surface area contributed by atoms with Crippen molar-refractivity contribution in [2.75, 3.05) is 18.0 Å². The van der Waals surface area contributed by atoms with Crippen molar-refractivity contribution in [2.24, 2.45) is 5.73 Å². The molecular formula is C17H17ClFN3O3. The largest absolute Gasteiger partial charge is 0.477 e. The van der Waals surface area contributed by atoms with Gasteiger partial charge in [-0.25, -0.2) is 9.18 Å². The third-order valence-electron chi connectivity index (χ3n) is 4.84. The van der Waals surface area contributed by atoms with Crippen LogP contribution in [0.2, 0.25) is 5.02 Å². The van der Waals surface area contributed by atoms with Crippen LogP contribution in [0.4, 0.5) is 10.2 Å². The minimum absolute atomic E-state index is 0.00143. The van der Waals surface area contributed by atoms with Gasteiger partial charge >= 0.3 is 5.97 Å². The average Bonchev–Trinajstić information content (AvgIpc) is 3.28. The Hall–Kier alpha value is -2.12. The topological polar surface area (TPSA) is 88.6 Å². The van der Waals surface area contributed by atoms with Crippen LogP contribution in [0.15, 0.2) is 16.9 Å². The molecule has 0 radical (unpaired) electrons. The number of carbonyl (C=O) groups is 1. The summed E-state index contributed by atoms with van der Waals surface area (Å²) in [6, 6.07) is 2.19. The minimum Gasteiger partial charge on any atom is -0.477 e. The number of aromatic nitrogens is 1. The molecule has 3 N–H and O–H groups in total. The standard InChI is InChI=1S/C17H17ClFN3O3/c18-12-6-8(19)5-11-14(12)22(10-1-2-10)16(13(15(11)23)17(24)25)21-4-3-9(20)7-21/h5-6,9-10H,1-4,7,20H2,(H,24,25)/t9-/m1/s1. The first-order chi connectivity index (χ1) is 11.9. The summed E-state index contributed by atoms with van der Waals surface area (Å²) in [5.41, 5.74) is 5.33. The van der Waals surface area contributed by atoms with Gasteiger partial charge in [-0.2, -0.15) is 0 Å². The van der Waals surface area contributed by atoms with Crippen molar-refractivity contribution >= 4 is 34.3 Å². The third-order valence-corrected chi connectivity index (χ3v) is 5.13. The number of nitrogens with two attached hydrogens (primary N) is 1. The second-order valence-electron chi connectivity index (χ2n) is 6.71. The molecule has 1 saturated carbocycles. The molecule has 132 valence electrons. The first-order valence-corrected chi connectivity index (χ1v) is 8.57. The highest BCUT2D eigenvalue weighted by atomic mass is 35.5. The van der Waals surface area contributed by atoms with Gasteiger partial charge in [0.25, 0.3) is 0 Å². The van der Waals surface area contributed by atoms with Gasteiger partial charge in [0.1, 0.15) is 17.2 Å². The number of fused-ring (bicyclic) bond motifs is 1. The van der Waals surface area contributed by atoms with Crippen molar-refractivity contribution in [3.8, 4) is 0 Å². The molecule has 1 aliphatic heterocycles. The van der Waals surface area contributed by atoms with E-state index in [4.69, 9.17) is 17.3 Å². The summed E-state index contributed by atoms with van der Waals surface area (Å²) in [4.78, 5) is 26.6. The summed E-state index contributed by atoms with van der Waals surface area (Å²) >= 11 is 6.26. The second-order valence-corrected chi connectivity index (χ2v) is 7.12. The Morgan fingerprint density at radius 3 is 2.60 bits per heavy atom. The van der Waals surface area contributed by atoms with Crippen molar-refractivity contribution < 1.29 is 14.3 Å². The van der Waals surface area contributed by atoms with E-state index < -0.39 is 17.2 Å². The Morgan fingerprint density at radius 2 is 2.04 bits per heavy atom. The van der Waals surface area contributed by atoms with E-state index in [0.29, 0.717) is 30.8 Å². The summed E-state index contributed by atoms with van der Waals surface area (Å²) < 4.78 is 15.6. The Labute approximate surface area is 147 Å². The van der Waals surface area contributed by atoms with E-state index in [1.54, 1.807) is 4.57 Å². The van der Waals surface area contributed by atoms with Gasteiger partial charge in [-0.1, -0.05) is 11.6 Å². The smallest absolute Gasteiger partial charge is 0.343 e. The monoisotopic (exact) mass is 365 g/mol. The molecular weight excluding hydrogens is 349 g/mol. The molecule has 6 nitrogen and oxygen atoms in total. The van der Waals surface area contributed by atoms with E-state index in [1.807, 2.05) is 4.90 Å². The molecule has 4 rings (SSSR count). The number of benzene rings is 1. The second kappa shape index (κ2) is 5.71. The van der Waals surface area contributed by atoms with Crippen molar-refractivity contribution in [1.82, 2.24) is 4.57 Å². The maximum Gasteiger partial charge on any atom is 0.343 e. The summed E-state index contributed by atoms with van der Waals surface area (Å²) in [7, 11) is 0. The molecule has 25 heavy (non-hydrogen) atoms. The van der Waals surface area contributed by atoms with Gasteiger partial charge in [-0.05, 0) is 31.4 Å². The molecule has 2 heterocycles. The van der Waals surface area contributed by atoms with E-state index in [1.165, 1.54) is 0 Å². The molecule has 0 amide bonds. The van der Waals surface area contributed by atoms with Gasteiger partial charge in [-0.3, -0.25) is 4.79 Å². The minimum atomic E-state index is -1.32. The predicted octanol–water partition coefficient (Wildman–Crippen LogP) is 2.36. The van der Waals surface area contributed by atoms with Crippen LogP contribution in [-0.2, 0) is 0 Å². The fourth-order valence-electron chi connectivity index (χ4n) is 3.62. The molecule has 1 aromatic heterocycles. The Morgan fingerprint density at radius 1 is 1.32 bits per heavy atom. The van der Waals surface area contributed by atoms with Crippen LogP contribution in [0.3, 0.4) is 0 Å². The normalized spacial score (nSPS) is 20.4. The van der Waals surface area contributed by atoms with Gasteiger partial charge in [0.05, 0.1) is 15.9 Å².